The lowest BCUT2D eigenvalue weighted by Gasteiger charge is -2.03. The van der Waals surface area contributed by atoms with Gasteiger partial charge in [-0.1, -0.05) is 17.2 Å². The fraction of sp³-hybridized carbons (Fsp3) is 0.188. The van der Waals surface area contributed by atoms with Gasteiger partial charge in [-0.2, -0.15) is 0 Å². The normalized spacial score (nSPS) is 10.8. The summed E-state index contributed by atoms with van der Waals surface area (Å²) in [5.74, 6) is 1.14. The average Bonchev–Trinajstić information content (AvgIpc) is 2.87. The molecule has 0 aliphatic rings. The van der Waals surface area contributed by atoms with E-state index in [0.29, 0.717) is 11.6 Å². The summed E-state index contributed by atoms with van der Waals surface area (Å²) in [6.07, 6.45) is 1.74. The van der Waals surface area contributed by atoms with Crippen molar-refractivity contribution in [2.75, 3.05) is 5.73 Å². The molecule has 2 N–H and O–H groups in total. The molecule has 4 nitrogen and oxygen atoms in total. The van der Waals surface area contributed by atoms with Crippen molar-refractivity contribution < 1.29 is 0 Å². The van der Waals surface area contributed by atoms with Crippen LogP contribution in [0.3, 0.4) is 0 Å². The highest BCUT2D eigenvalue weighted by Crippen LogP contribution is 2.31. The highest BCUT2D eigenvalue weighted by molar-refractivity contribution is 7.13. The van der Waals surface area contributed by atoms with Crippen molar-refractivity contribution in [3.8, 4) is 21.8 Å². The molecule has 0 amide bonds. The molecule has 1 aromatic carbocycles. The van der Waals surface area contributed by atoms with Gasteiger partial charge in [0.25, 0.3) is 0 Å². The molecule has 21 heavy (non-hydrogen) atoms. The van der Waals surface area contributed by atoms with Gasteiger partial charge < -0.3 is 5.73 Å². The van der Waals surface area contributed by atoms with Crippen molar-refractivity contribution in [2.24, 2.45) is 0 Å². The highest BCUT2D eigenvalue weighted by atomic mass is 32.1. The third-order valence-electron chi connectivity index (χ3n) is 3.19. The molecule has 3 rings (SSSR count). The van der Waals surface area contributed by atoms with Gasteiger partial charge in [-0.15, -0.1) is 11.3 Å². The van der Waals surface area contributed by atoms with Crippen molar-refractivity contribution in [2.45, 2.75) is 20.8 Å². The summed E-state index contributed by atoms with van der Waals surface area (Å²) < 4.78 is 0. The molecular weight excluding hydrogens is 280 g/mol. The summed E-state index contributed by atoms with van der Waals surface area (Å²) in [5, 5.41) is 2.89. The van der Waals surface area contributed by atoms with Gasteiger partial charge in [0, 0.05) is 17.1 Å². The highest BCUT2D eigenvalue weighted by Gasteiger charge is 2.11. The molecule has 0 aliphatic heterocycles. The van der Waals surface area contributed by atoms with E-state index in [-0.39, 0.29) is 0 Å². The Labute approximate surface area is 127 Å². The Hall–Kier alpha value is -2.27. The van der Waals surface area contributed by atoms with Gasteiger partial charge in [0.05, 0.1) is 11.3 Å². The fourth-order valence-corrected chi connectivity index (χ4v) is 3.15. The van der Waals surface area contributed by atoms with Crippen molar-refractivity contribution in [1.82, 2.24) is 15.0 Å². The molecule has 0 aliphatic carbocycles. The number of nitrogen functional groups attached to an aromatic ring is 1. The number of hydrogen-bond donors (Lipinski definition) is 1. The standard InChI is InChI=1S/C16H16N4S/c1-9-4-10(2)6-12(5-9)14-8-21-16(20-14)13-7-18-11(3)19-15(13)17/h4-8H,1-3H3,(H2,17,18,19). The quantitative estimate of drug-likeness (QED) is 0.781. The summed E-state index contributed by atoms with van der Waals surface area (Å²) in [6, 6.07) is 6.43. The molecule has 0 saturated carbocycles. The number of aryl methyl sites for hydroxylation is 3. The van der Waals surface area contributed by atoms with E-state index >= 15 is 0 Å². The van der Waals surface area contributed by atoms with Crippen LogP contribution in [0.5, 0.6) is 0 Å². The summed E-state index contributed by atoms with van der Waals surface area (Å²) in [4.78, 5) is 13.1. The summed E-state index contributed by atoms with van der Waals surface area (Å²) in [7, 11) is 0. The first kappa shape index (κ1) is 13.7. The van der Waals surface area contributed by atoms with Gasteiger partial charge in [0.1, 0.15) is 16.6 Å². The third-order valence-corrected chi connectivity index (χ3v) is 4.07. The molecule has 0 bridgehead atoms. The number of aromatic nitrogens is 3. The number of anilines is 1. The van der Waals surface area contributed by atoms with Crippen LogP contribution < -0.4 is 5.73 Å². The lowest BCUT2D eigenvalue weighted by atomic mass is 10.1. The summed E-state index contributed by atoms with van der Waals surface area (Å²) in [5.41, 5.74) is 11.3. The molecular formula is C16H16N4S. The van der Waals surface area contributed by atoms with Crippen LogP contribution in [-0.2, 0) is 0 Å². The largest absolute Gasteiger partial charge is 0.383 e. The van der Waals surface area contributed by atoms with Gasteiger partial charge in [-0.05, 0) is 32.9 Å². The van der Waals surface area contributed by atoms with E-state index in [9.17, 15) is 0 Å². The van der Waals surface area contributed by atoms with Crippen LogP contribution in [-0.4, -0.2) is 15.0 Å². The molecule has 0 atom stereocenters. The Balaban J connectivity index is 2.03. The molecule has 0 saturated heterocycles. The zero-order valence-corrected chi connectivity index (χ0v) is 13.0. The van der Waals surface area contributed by atoms with Gasteiger partial charge >= 0.3 is 0 Å². The van der Waals surface area contributed by atoms with E-state index in [4.69, 9.17) is 5.73 Å². The average molecular weight is 296 g/mol. The lowest BCUT2D eigenvalue weighted by molar-refractivity contribution is 1.06. The molecule has 0 spiro atoms. The maximum absolute atomic E-state index is 5.97. The Bertz CT molecular complexity index is 788. The van der Waals surface area contributed by atoms with E-state index in [1.807, 2.05) is 12.3 Å². The van der Waals surface area contributed by atoms with Crippen molar-refractivity contribution in [3.05, 3.63) is 46.7 Å². The second-order valence-corrected chi connectivity index (χ2v) is 5.99. The molecule has 0 unspecified atom stereocenters. The van der Waals surface area contributed by atoms with Gasteiger partial charge in [-0.25, -0.2) is 15.0 Å². The second kappa shape index (κ2) is 5.26. The number of rotatable bonds is 2. The SMILES string of the molecule is Cc1cc(C)cc(-c2csc(-c3cnc(C)nc3N)n2)c1. The van der Waals surface area contributed by atoms with E-state index < -0.39 is 0 Å². The zero-order chi connectivity index (χ0) is 15.0. The van der Waals surface area contributed by atoms with Gasteiger partial charge in [-0.3, -0.25) is 0 Å². The Kier molecular flexibility index (Phi) is 3.43. The molecule has 2 aromatic heterocycles. The minimum atomic E-state index is 0.476. The van der Waals surface area contributed by atoms with E-state index in [1.54, 1.807) is 17.5 Å². The van der Waals surface area contributed by atoms with Crippen LogP contribution in [0.15, 0.2) is 29.8 Å². The first-order valence-corrected chi connectivity index (χ1v) is 7.54. The third kappa shape index (κ3) is 2.78. The van der Waals surface area contributed by atoms with Crippen LogP contribution in [0, 0.1) is 20.8 Å². The summed E-state index contributed by atoms with van der Waals surface area (Å²) in [6.45, 7) is 6.01. The minimum Gasteiger partial charge on any atom is -0.383 e. The number of benzene rings is 1. The number of nitrogens with two attached hydrogens (primary N) is 1. The van der Waals surface area contributed by atoms with Crippen LogP contribution in [0.1, 0.15) is 17.0 Å². The maximum Gasteiger partial charge on any atom is 0.137 e. The topological polar surface area (TPSA) is 64.7 Å². The number of nitrogens with zero attached hydrogens (tertiary/aromatic N) is 3. The van der Waals surface area contributed by atoms with Crippen LogP contribution in [0.4, 0.5) is 5.82 Å². The van der Waals surface area contributed by atoms with Crippen LogP contribution in [0.25, 0.3) is 21.8 Å². The van der Waals surface area contributed by atoms with E-state index in [1.165, 1.54) is 11.1 Å². The molecule has 106 valence electrons. The first-order chi connectivity index (χ1) is 10.0. The molecule has 2 heterocycles. The molecule has 0 radical (unpaired) electrons. The minimum absolute atomic E-state index is 0.476. The summed E-state index contributed by atoms with van der Waals surface area (Å²) >= 11 is 1.56. The van der Waals surface area contributed by atoms with Crippen molar-refractivity contribution in [3.63, 3.8) is 0 Å². The van der Waals surface area contributed by atoms with Crippen molar-refractivity contribution >= 4 is 17.2 Å². The fourth-order valence-electron chi connectivity index (χ4n) is 2.30. The zero-order valence-electron chi connectivity index (χ0n) is 12.2. The second-order valence-electron chi connectivity index (χ2n) is 5.13. The number of thiazole rings is 1. The van der Waals surface area contributed by atoms with Crippen LogP contribution >= 0.6 is 11.3 Å². The Morgan fingerprint density at radius 2 is 1.71 bits per heavy atom. The predicted molar refractivity (Wildman–Crippen MR) is 87.2 cm³/mol. The van der Waals surface area contributed by atoms with E-state index in [0.717, 1.165) is 21.8 Å². The Morgan fingerprint density at radius 1 is 1.00 bits per heavy atom. The smallest absolute Gasteiger partial charge is 0.137 e. The van der Waals surface area contributed by atoms with Crippen LogP contribution in [0.2, 0.25) is 0 Å². The van der Waals surface area contributed by atoms with Gasteiger partial charge in [0.2, 0.25) is 0 Å². The van der Waals surface area contributed by atoms with Crippen molar-refractivity contribution in [1.29, 1.82) is 0 Å². The Morgan fingerprint density at radius 3 is 2.38 bits per heavy atom. The molecule has 0 fully saturated rings. The molecule has 5 heteroatoms. The van der Waals surface area contributed by atoms with E-state index in [2.05, 4.69) is 47.0 Å². The first-order valence-electron chi connectivity index (χ1n) is 6.66. The maximum atomic E-state index is 5.97. The molecule has 3 aromatic rings. The lowest BCUT2D eigenvalue weighted by Crippen LogP contribution is -1.98. The predicted octanol–water partition coefficient (Wildman–Crippen LogP) is 3.77. The monoisotopic (exact) mass is 296 g/mol. The van der Waals surface area contributed by atoms with Gasteiger partial charge in [0.15, 0.2) is 0 Å². The number of hydrogen-bond acceptors (Lipinski definition) is 5.